The average molecular weight is 218 g/mol. The van der Waals surface area contributed by atoms with Gasteiger partial charge in [0.25, 0.3) is 0 Å². The fourth-order valence-electron chi connectivity index (χ4n) is 0. The molecule has 0 unspecified atom stereocenters. The largest absolute Gasteiger partial charge is 0 e. The third-order valence-corrected chi connectivity index (χ3v) is 0. The van der Waals surface area contributed by atoms with Gasteiger partial charge in [-0.05, 0) is 0 Å². The van der Waals surface area contributed by atoms with Gasteiger partial charge in [-0.15, -0.1) is 0 Å². The molecular weight excluding hydrogens is 215 g/mol. The van der Waals surface area contributed by atoms with Gasteiger partial charge in [0.1, 0.15) is 0 Å². The molecule has 0 saturated carbocycles. The molecule has 6 heavy (non-hydrogen) atoms. The summed E-state index contributed by atoms with van der Waals surface area (Å²) in [5, 5.41) is 0. The summed E-state index contributed by atoms with van der Waals surface area (Å²) in [7, 11) is 0. The molecule has 3 nitrogen and oxygen atoms in total. The van der Waals surface area contributed by atoms with E-state index in [0.29, 0.717) is 0 Å². The van der Waals surface area contributed by atoms with Crippen molar-refractivity contribution in [1.29, 1.82) is 0 Å². The molecule has 0 atom stereocenters. The Labute approximate surface area is 74.9 Å². The Balaban J connectivity index is -0.0000000450. The maximum absolute atomic E-state index is 8.76. The zero-order chi connectivity index (χ0) is 3.58. The summed E-state index contributed by atoms with van der Waals surface area (Å²) in [6, 6.07) is 0. The normalized spacial score (nSPS) is 5.83. The third-order valence-electron chi connectivity index (χ3n) is 0. The SMILES string of the molecule is O=[Se](O)O.[NaH].[Zn]. The second-order valence-electron chi connectivity index (χ2n) is 0.231. The minimum Gasteiger partial charge on any atom is 0 e. The van der Waals surface area contributed by atoms with Gasteiger partial charge < -0.3 is 0 Å². The van der Waals surface area contributed by atoms with Crippen molar-refractivity contribution < 1.29 is 31.7 Å². The second-order valence-corrected chi connectivity index (χ2v) is 1.20. The summed E-state index contributed by atoms with van der Waals surface area (Å²) in [6.07, 6.45) is 0. The standard InChI is InChI=1S/Na.H2O3Se.Zn.H/c;1-4(2)3;;/h;(H2,1,2,3);;. The van der Waals surface area contributed by atoms with E-state index in [1.165, 1.54) is 0 Å². The van der Waals surface area contributed by atoms with Crippen LogP contribution in [0.15, 0.2) is 0 Å². The maximum atomic E-state index is 8.76. The van der Waals surface area contributed by atoms with Crippen LogP contribution in [0.1, 0.15) is 0 Å². The summed E-state index contributed by atoms with van der Waals surface area (Å²) in [5.74, 6) is 0. The predicted molar refractivity (Wildman–Crippen MR) is 18.0 cm³/mol. The van der Waals surface area contributed by atoms with Crippen molar-refractivity contribution in [3.8, 4) is 0 Å². The van der Waals surface area contributed by atoms with Gasteiger partial charge in [-0.2, -0.15) is 0 Å². The Morgan fingerprint density at radius 3 is 1.33 bits per heavy atom. The summed E-state index contributed by atoms with van der Waals surface area (Å²) in [6.45, 7) is 0. The molecule has 0 saturated heterocycles. The van der Waals surface area contributed by atoms with Crippen LogP contribution in [0, 0.1) is 0 Å². The maximum Gasteiger partial charge on any atom is 0 e. The number of hydrogen-bond acceptors (Lipinski definition) is 1. The first-order chi connectivity index (χ1) is 1.73. The summed E-state index contributed by atoms with van der Waals surface area (Å²) < 4.78 is 23.1. The van der Waals surface area contributed by atoms with Crippen LogP contribution in [0.5, 0.6) is 0 Å². The quantitative estimate of drug-likeness (QED) is 0.451. The Kier molecular flexibility index (Phi) is 26.0. The molecule has 0 aromatic carbocycles. The molecule has 2 N–H and O–H groups in total. The fraction of sp³-hybridized carbons (Fsp3) is 0. The molecule has 0 aliphatic heterocycles. The van der Waals surface area contributed by atoms with Crippen molar-refractivity contribution in [3.63, 3.8) is 0 Å². The Morgan fingerprint density at radius 1 is 1.33 bits per heavy atom. The Morgan fingerprint density at radius 2 is 1.33 bits per heavy atom. The second kappa shape index (κ2) is 9.98. The van der Waals surface area contributed by atoms with E-state index in [2.05, 4.69) is 0 Å². The molecule has 0 amide bonds. The van der Waals surface area contributed by atoms with Gasteiger partial charge in [-0.1, -0.05) is 0 Å². The molecule has 0 aliphatic rings. The monoisotopic (exact) mass is 218 g/mol. The van der Waals surface area contributed by atoms with Crippen LogP contribution in [0.25, 0.3) is 0 Å². The average Bonchev–Trinajstić information content (AvgIpc) is 0.811. The molecule has 0 bridgehead atoms. The topological polar surface area (TPSA) is 57.5 Å². The minimum atomic E-state index is -3.29. The molecule has 0 heterocycles. The molecule has 0 radical (unpaired) electrons. The van der Waals surface area contributed by atoms with E-state index in [1.54, 1.807) is 0 Å². The van der Waals surface area contributed by atoms with Crippen LogP contribution in [0.4, 0.5) is 0 Å². The minimum absolute atomic E-state index is 0. The van der Waals surface area contributed by atoms with Crippen molar-refractivity contribution >= 4 is 44.0 Å². The molecule has 0 aliphatic carbocycles. The third kappa shape index (κ3) is 40.0. The van der Waals surface area contributed by atoms with E-state index in [4.69, 9.17) is 12.2 Å². The van der Waals surface area contributed by atoms with Crippen molar-refractivity contribution in [2.45, 2.75) is 0 Å². The van der Waals surface area contributed by atoms with Crippen molar-refractivity contribution in [2.75, 3.05) is 0 Å². The fourth-order valence-corrected chi connectivity index (χ4v) is 0. The van der Waals surface area contributed by atoms with Crippen LogP contribution >= 0.6 is 0 Å². The molecule has 0 aromatic heterocycles. The van der Waals surface area contributed by atoms with E-state index >= 15 is 0 Å². The van der Waals surface area contributed by atoms with Gasteiger partial charge in [0, 0.05) is 19.5 Å². The van der Waals surface area contributed by atoms with Gasteiger partial charge in [0.05, 0.1) is 0 Å². The number of rotatable bonds is 0. The zero-order valence-electron chi connectivity index (χ0n) is 2.42. The molecule has 0 rings (SSSR count). The van der Waals surface area contributed by atoms with Gasteiger partial charge in [-0.3, -0.25) is 0 Å². The van der Waals surface area contributed by atoms with E-state index in [1.807, 2.05) is 0 Å². The first-order valence-electron chi connectivity index (χ1n) is 0.532. The number of hydrogen-bond donors (Lipinski definition) is 2. The molecule has 6 heteroatoms. The molecule has 30 valence electrons. The van der Waals surface area contributed by atoms with Gasteiger partial charge >= 0.3 is 56.3 Å². The Bertz CT molecular complexity index is 33.8. The van der Waals surface area contributed by atoms with Crippen LogP contribution in [0.2, 0.25) is 0 Å². The molecule has 0 spiro atoms. The smallest absolute Gasteiger partial charge is 0 e. The molecule has 0 fully saturated rings. The van der Waals surface area contributed by atoms with Gasteiger partial charge in [0.15, 0.2) is 0 Å². The molecular formula is H3NaO3SeZn. The van der Waals surface area contributed by atoms with Crippen LogP contribution in [0.3, 0.4) is 0 Å². The first-order valence-corrected chi connectivity index (χ1v) is 2.76. The van der Waals surface area contributed by atoms with E-state index in [9.17, 15) is 0 Å². The van der Waals surface area contributed by atoms with Crippen LogP contribution in [-0.2, 0) is 23.3 Å². The summed E-state index contributed by atoms with van der Waals surface area (Å²) in [5.41, 5.74) is 0. The van der Waals surface area contributed by atoms with E-state index < -0.39 is 14.5 Å². The Hall–Kier alpha value is 1.86. The zero-order valence-corrected chi connectivity index (χ0v) is 7.10. The van der Waals surface area contributed by atoms with Crippen molar-refractivity contribution in [2.24, 2.45) is 0 Å². The van der Waals surface area contributed by atoms with Crippen LogP contribution < -0.4 is 0 Å². The van der Waals surface area contributed by atoms with E-state index in [0.717, 1.165) is 0 Å². The van der Waals surface area contributed by atoms with Gasteiger partial charge in [-0.25, -0.2) is 0 Å². The van der Waals surface area contributed by atoms with Crippen molar-refractivity contribution in [3.05, 3.63) is 0 Å². The first kappa shape index (κ1) is 15.7. The predicted octanol–water partition coefficient (Wildman–Crippen LogP) is -2.26. The van der Waals surface area contributed by atoms with Crippen LogP contribution in [-0.4, -0.2) is 52.4 Å². The molecule has 0 aromatic rings. The van der Waals surface area contributed by atoms with E-state index in [-0.39, 0.29) is 49.0 Å². The van der Waals surface area contributed by atoms with Crippen molar-refractivity contribution in [1.82, 2.24) is 0 Å². The summed E-state index contributed by atoms with van der Waals surface area (Å²) in [4.78, 5) is 0. The van der Waals surface area contributed by atoms with Gasteiger partial charge in [0.2, 0.25) is 0 Å². The summed E-state index contributed by atoms with van der Waals surface area (Å²) >= 11 is -3.29.